The number of nitrogens with zero attached hydrogens (tertiary/aromatic N) is 4. The van der Waals surface area contributed by atoms with Crippen molar-refractivity contribution in [1.29, 1.82) is 0 Å². The number of aliphatic carboxylic acids is 1. The second-order valence-corrected chi connectivity index (χ2v) is 4.36. The number of benzene rings is 1. The van der Waals surface area contributed by atoms with Gasteiger partial charge in [-0.2, -0.15) is 9.61 Å². The third-order valence-corrected chi connectivity index (χ3v) is 2.96. The molecule has 3 rings (SSSR count). The molecule has 0 saturated heterocycles. The zero-order chi connectivity index (χ0) is 13.9. The Balaban J connectivity index is 2.01. The largest absolute Gasteiger partial charge is 0.481 e. The zero-order valence-electron chi connectivity index (χ0n) is 10.6. The minimum Gasteiger partial charge on any atom is -0.481 e. The van der Waals surface area contributed by atoms with Crippen molar-refractivity contribution in [1.82, 2.24) is 19.8 Å². The highest BCUT2D eigenvalue weighted by atomic mass is 16.4. The molecule has 2 aromatic heterocycles. The molecular weight excluding hydrogens is 256 g/mol. The first-order valence-electron chi connectivity index (χ1n) is 6.22. The minimum atomic E-state index is -0.860. The van der Waals surface area contributed by atoms with E-state index in [2.05, 4.69) is 15.3 Å². The summed E-state index contributed by atoms with van der Waals surface area (Å²) in [4.78, 5) is 10.6. The van der Waals surface area contributed by atoms with Crippen molar-refractivity contribution < 1.29 is 9.90 Å². The van der Waals surface area contributed by atoms with Crippen LogP contribution in [0.1, 0.15) is 12.2 Å². The van der Waals surface area contributed by atoms with Gasteiger partial charge in [-0.1, -0.05) is 30.3 Å². The van der Waals surface area contributed by atoms with Crippen molar-refractivity contribution in [2.75, 3.05) is 0 Å². The van der Waals surface area contributed by atoms with Crippen LogP contribution in [0.15, 0.2) is 42.5 Å². The third kappa shape index (κ3) is 2.35. The fourth-order valence-electron chi connectivity index (χ4n) is 1.97. The summed E-state index contributed by atoms with van der Waals surface area (Å²) in [5.74, 6) is -0.304. The number of carboxylic acids is 1. The fourth-order valence-corrected chi connectivity index (χ4v) is 1.97. The summed E-state index contributed by atoms with van der Waals surface area (Å²) in [5.41, 5.74) is 2.41. The lowest BCUT2D eigenvalue weighted by molar-refractivity contribution is -0.137. The molecule has 6 heteroatoms. The molecule has 0 aliphatic carbocycles. The van der Waals surface area contributed by atoms with Crippen molar-refractivity contribution in [3.63, 3.8) is 0 Å². The van der Waals surface area contributed by atoms with Crippen LogP contribution in [-0.2, 0) is 11.2 Å². The van der Waals surface area contributed by atoms with E-state index in [1.54, 1.807) is 4.52 Å². The Labute approximate surface area is 114 Å². The van der Waals surface area contributed by atoms with Crippen LogP contribution in [0.2, 0.25) is 0 Å². The third-order valence-electron chi connectivity index (χ3n) is 2.96. The molecule has 0 bridgehead atoms. The second-order valence-electron chi connectivity index (χ2n) is 4.36. The van der Waals surface area contributed by atoms with Crippen LogP contribution >= 0.6 is 0 Å². The summed E-state index contributed by atoms with van der Waals surface area (Å²) in [6, 6.07) is 13.5. The van der Waals surface area contributed by atoms with Gasteiger partial charge in [-0.25, -0.2) is 0 Å². The lowest BCUT2D eigenvalue weighted by Gasteiger charge is -2.02. The highest BCUT2D eigenvalue weighted by Gasteiger charge is 2.10. The molecule has 0 radical (unpaired) electrons. The highest BCUT2D eigenvalue weighted by molar-refractivity contribution is 5.67. The zero-order valence-corrected chi connectivity index (χ0v) is 10.6. The number of hydrogen-bond donors (Lipinski definition) is 1. The molecular formula is C14H12N4O2. The fraction of sp³-hybridized carbons (Fsp3) is 0.143. The summed E-state index contributed by atoms with van der Waals surface area (Å²) >= 11 is 0. The summed E-state index contributed by atoms with van der Waals surface area (Å²) in [7, 11) is 0. The molecule has 100 valence electrons. The number of carboxylic acid groups (broad SMARTS) is 1. The maximum Gasteiger partial charge on any atom is 0.303 e. The highest BCUT2D eigenvalue weighted by Crippen LogP contribution is 2.16. The predicted octanol–water partition coefficient (Wildman–Crippen LogP) is 1.81. The van der Waals surface area contributed by atoms with E-state index in [0.29, 0.717) is 17.9 Å². The molecule has 20 heavy (non-hydrogen) atoms. The van der Waals surface area contributed by atoms with Gasteiger partial charge in [-0.05, 0) is 12.1 Å². The number of aromatic nitrogens is 4. The van der Waals surface area contributed by atoms with Crippen LogP contribution in [0.4, 0.5) is 0 Å². The molecule has 1 aromatic carbocycles. The van der Waals surface area contributed by atoms with Gasteiger partial charge in [0.1, 0.15) is 0 Å². The van der Waals surface area contributed by atoms with Gasteiger partial charge in [0.25, 0.3) is 0 Å². The molecule has 0 spiro atoms. The topological polar surface area (TPSA) is 80.4 Å². The van der Waals surface area contributed by atoms with E-state index in [1.165, 1.54) is 0 Å². The molecule has 0 amide bonds. The van der Waals surface area contributed by atoms with E-state index in [4.69, 9.17) is 5.11 Å². The van der Waals surface area contributed by atoms with Gasteiger partial charge in [-0.15, -0.1) is 10.2 Å². The van der Waals surface area contributed by atoms with E-state index < -0.39 is 5.97 Å². The van der Waals surface area contributed by atoms with Crippen molar-refractivity contribution in [2.45, 2.75) is 12.8 Å². The number of fused-ring (bicyclic) bond motifs is 1. The van der Waals surface area contributed by atoms with Gasteiger partial charge in [0.05, 0.1) is 12.1 Å². The normalized spacial score (nSPS) is 10.8. The Morgan fingerprint density at radius 3 is 2.65 bits per heavy atom. The molecule has 0 saturated carbocycles. The monoisotopic (exact) mass is 268 g/mol. The van der Waals surface area contributed by atoms with Crippen molar-refractivity contribution in [3.05, 3.63) is 48.3 Å². The Hall–Kier alpha value is -2.76. The number of aryl methyl sites for hydroxylation is 1. The van der Waals surface area contributed by atoms with E-state index in [9.17, 15) is 4.79 Å². The number of hydrogen-bond acceptors (Lipinski definition) is 4. The van der Waals surface area contributed by atoms with E-state index in [-0.39, 0.29) is 6.42 Å². The van der Waals surface area contributed by atoms with Gasteiger partial charge in [0, 0.05) is 12.0 Å². The van der Waals surface area contributed by atoms with Crippen LogP contribution in [0.3, 0.4) is 0 Å². The first kappa shape index (κ1) is 12.3. The number of rotatable bonds is 4. The molecule has 3 aromatic rings. The molecule has 0 unspecified atom stereocenters. The average molecular weight is 268 g/mol. The first-order chi connectivity index (χ1) is 9.74. The minimum absolute atomic E-state index is 0.0119. The van der Waals surface area contributed by atoms with Gasteiger partial charge in [0.2, 0.25) is 0 Å². The first-order valence-corrected chi connectivity index (χ1v) is 6.22. The molecule has 0 aliphatic heterocycles. The predicted molar refractivity (Wildman–Crippen MR) is 72.2 cm³/mol. The van der Waals surface area contributed by atoms with Crippen LogP contribution < -0.4 is 0 Å². The van der Waals surface area contributed by atoms with Crippen LogP contribution in [0.25, 0.3) is 16.9 Å². The van der Waals surface area contributed by atoms with E-state index in [0.717, 1.165) is 11.3 Å². The average Bonchev–Trinajstić information content (AvgIpc) is 2.88. The Morgan fingerprint density at radius 2 is 1.90 bits per heavy atom. The van der Waals surface area contributed by atoms with Crippen LogP contribution in [0.5, 0.6) is 0 Å². The summed E-state index contributed by atoms with van der Waals surface area (Å²) < 4.78 is 1.60. The smallest absolute Gasteiger partial charge is 0.303 e. The second kappa shape index (κ2) is 5.08. The molecule has 6 nitrogen and oxygen atoms in total. The Bertz CT molecular complexity index is 752. The molecule has 0 aliphatic rings. The lowest BCUT2D eigenvalue weighted by atomic mass is 10.1. The summed E-state index contributed by atoms with van der Waals surface area (Å²) in [5, 5.41) is 21.2. The Kier molecular flexibility index (Phi) is 3.12. The van der Waals surface area contributed by atoms with Gasteiger partial charge >= 0.3 is 5.97 Å². The van der Waals surface area contributed by atoms with Crippen molar-refractivity contribution >= 4 is 11.6 Å². The van der Waals surface area contributed by atoms with Gasteiger partial charge in [0.15, 0.2) is 11.5 Å². The van der Waals surface area contributed by atoms with Crippen LogP contribution in [-0.4, -0.2) is 30.9 Å². The lowest BCUT2D eigenvalue weighted by Crippen LogP contribution is -2.04. The SMILES string of the molecule is O=C(O)CCc1nnc2ccc(-c3ccccc3)nn12. The molecule has 0 fully saturated rings. The molecule has 2 heterocycles. The maximum atomic E-state index is 10.6. The Morgan fingerprint density at radius 1 is 1.10 bits per heavy atom. The molecule has 0 atom stereocenters. The van der Waals surface area contributed by atoms with E-state index in [1.807, 2.05) is 42.5 Å². The number of carbonyl (C=O) groups is 1. The summed E-state index contributed by atoms with van der Waals surface area (Å²) in [6.45, 7) is 0. The summed E-state index contributed by atoms with van der Waals surface area (Å²) in [6.07, 6.45) is 0.319. The van der Waals surface area contributed by atoms with Gasteiger partial charge in [-0.3, -0.25) is 4.79 Å². The van der Waals surface area contributed by atoms with Crippen molar-refractivity contribution in [2.24, 2.45) is 0 Å². The standard InChI is InChI=1S/C14H12N4O2/c19-14(20)9-8-13-16-15-12-7-6-11(17-18(12)13)10-4-2-1-3-5-10/h1-7H,8-9H2,(H,19,20). The quantitative estimate of drug-likeness (QED) is 0.780. The maximum absolute atomic E-state index is 10.6. The van der Waals surface area contributed by atoms with E-state index >= 15 is 0 Å². The molecule has 1 N–H and O–H groups in total. The van der Waals surface area contributed by atoms with Crippen molar-refractivity contribution in [3.8, 4) is 11.3 Å². The van der Waals surface area contributed by atoms with Crippen LogP contribution in [0, 0.1) is 0 Å². The van der Waals surface area contributed by atoms with Gasteiger partial charge < -0.3 is 5.11 Å².